The summed E-state index contributed by atoms with van der Waals surface area (Å²) in [6.07, 6.45) is 1.37. The minimum absolute atomic E-state index is 0.00443. The number of carbonyl (C=O) groups excluding carboxylic acids is 2. The number of rotatable bonds is 8. The van der Waals surface area contributed by atoms with E-state index in [2.05, 4.69) is 30.0 Å². The summed E-state index contributed by atoms with van der Waals surface area (Å²) in [5, 5.41) is 3.16. The van der Waals surface area contributed by atoms with E-state index >= 15 is 0 Å². The predicted molar refractivity (Wildman–Crippen MR) is 150 cm³/mol. The Kier molecular flexibility index (Phi) is 7.88. The second kappa shape index (κ2) is 11.7. The lowest BCUT2D eigenvalue weighted by Crippen LogP contribution is -2.25. The number of aryl methyl sites for hydroxylation is 1. The number of thiazole rings is 1. The Labute approximate surface area is 237 Å². The molecule has 13 heteroatoms. The number of ether oxygens (including phenoxy) is 4. The van der Waals surface area contributed by atoms with E-state index in [1.807, 2.05) is 19.1 Å². The van der Waals surface area contributed by atoms with Crippen molar-refractivity contribution in [3.05, 3.63) is 65.9 Å². The van der Waals surface area contributed by atoms with Gasteiger partial charge in [0.15, 0.2) is 11.6 Å². The molecule has 0 saturated carbocycles. The predicted octanol–water partition coefficient (Wildman–Crippen LogP) is 5.56. The van der Waals surface area contributed by atoms with Crippen molar-refractivity contribution in [1.29, 1.82) is 0 Å². The number of carbonyl (C=O) groups is 2. The number of methoxy groups -OCH3 is 2. The summed E-state index contributed by atoms with van der Waals surface area (Å²) in [5.74, 6) is -0.778. The fraction of sp³-hybridized carbons (Fsp3) is 0.214. The van der Waals surface area contributed by atoms with Gasteiger partial charge in [-0.3, -0.25) is 5.32 Å². The van der Waals surface area contributed by atoms with Crippen LogP contribution in [0.3, 0.4) is 0 Å². The highest BCUT2D eigenvalue weighted by molar-refractivity contribution is 7.21. The van der Waals surface area contributed by atoms with Gasteiger partial charge in [-0.2, -0.15) is 0 Å². The van der Waals surface area contributed by atoms with Gasteiger partial charge >= 0.3 is 12.1 Å². The molecule has 0 aliphatic heterocycles. The van der Waals surface area contributed by atoms with E-state index in [9.17, 15) is 14.0 Å². The Hall–Kier alpha value is -4.91. The standard InChI is InChI=1S/C28H24FN5O6S/c1-14-7-17(25-21(8-14)33-24(37-3)12-31-25)26-34-20-9-18(29)22(10-23(20)41-26)39-13-15(2)40-28(36)32-16-5-6-19(30-11-16)27(35)38-4/h5-12,15H,13H2,1-4H3,(H,32,36)/t15-/m1/s1. The molecule has 1 N–H and O–H groups in total. The molecule has 0 radical (unpaired) electrons. The lowest BCUT2D eigenvalue weighted by Gasteiger charge is -2.15. The largest absolute Gasteiger partial charge is 0.487 e. The minimum atomic E-state index is -0.761. The van der Waals surface area contributed by atoms with Gasteiger partial charge in [0.25, 0.3) is 0 Å². The molecule has 2 aromatic carbocycles. The summed E-state index contributed by atoms with van der Waals surface area (Å²) in [4.78, 5) is 41.2. The van der Waals surface area contributed by atoms with Crippen LogP contribution in [0, 0.1) is 12.7 Å². The molecular formula is C28H24FN5O6S. The van der Waals surface area contributed by atoms with E-state index in [-0.39, 0.29) is 18.1 Å². The summed E-state index contributed by atoms with van der Waals surface area (Å²) in [6.45, 7) is 3.46. The summed E-state index contributed by atoms with van der Waals surface area (Å²) in [5.41, 5.74) is 3.97. The Balaban J connectivity index is 1.26. The summed E-state index contributed by atoms with van der Waals surface area (Å²) >= 11 is 1.37. The van der Waals surface area contributed by atoms with E-state index in [4.69, 9.17) is 14.2 Å². The number of benzene rings is 2. The molecule has 3 aromatic heterocycles. The molecule has 0 aliphatic carbocycles. The third kappa shape index (κ3) is 6.14. The second-order valence-electron chi connectivity index (χ2n) is 8.94. The van der Waals surface area contributed by atoms with E-state index in [1.165, 1.54) is 50.0 Å². The maximum atomic E-state index is 14.9. The van der Waals surface area contributed by atoms with Gasteiger partial charge in [-0.05, 0) is 43.7 Å². The van der Waals surface area contributed by atoms with Crippen LogP contribution in [0.2, 0.25) is 0 Å². The van der Waals surface area contributed by atoms with Crippen LogP contribution >= 0.6 is 11.3 Å². The van der Waals surface area contributed by atoms with Gasteiger partial charge in [-0.25, -0.2) is 33.9 Å². The van der Waals surface area contributed by atoms with Crippen LogP contribution in [-0.4, -0.2) is 58.9 Å². The van der Waals surface area contributed by atoms with Crippen molar-refractivity contribution in [2.24, 2.45) is 0 Å². The Morgan fingerprint density at radius 3 is 2.61 bits per heavy atom. The van der Waals surface area contributed by atoms with Crippen LogP contribution in [0.15, 0.2) is 48.8 Å². The van der Waals surface area contributed by atoms with Crippen LogP contribution in [0.1, 0.15) is 23.0 Å². The highest BCUT2D eigenvalue weighted by Crippen LogP contribution is 2.37. The number of nitrogens with one attached hydrogen (secondary N) is 1. The average Bonchev–Trinajstić information content (AvgIpc) is 3.37. The van der Waals surface area contributed by atoms with Gasteiger partial charge in [0.05, 0.1) is 53.6 Å². The van der Waals surface area contributed by atoms with Gasteiger partial charge in [0.1, 0.15) is 23.4 Å². The Morgan fingerprint density at radius 1 is 1.05 bits per heavy atom. The van der Waals surface area contributed by atoms with Crippen LogP contribution in [-0.2, 0) is 9.47 Å². The lowest BCUT2D eigenvalue weighted by atomic mass is 10.1. The maximum Gasteiger partial charge on any atom is 0.412 e. The number of amides is 1. The van der Waals surface area contributed by atoms with Crippen molar-refractivity contribution >= 4 is 50.3 Å². The number of hydrogen-bond donors (Lipinski definition) is 1. The number of nitrogens with zero attached hydrogens (tertiary/aromatic N) is 4. The van der Waals surface area contributed by atoms with Crippen molar-refractivity contribution in [3.8, 4) is 22.2 Å². The fourth-order valence-electron chi connectivity index (χ4n) is 3.93. The van der Waals surface area contributed by atoms with Crippen LogP contribution < -0.4 is 14.8 Å². The van der Waals surface area contributed by atoms with Crippen molar-refractivity contribution < 1.29 is 32.9 Å². The number of esters is 1. The second-order valence-corrected chi connectivity index (χ2v) is 9.97. The Bertz CT molecular complexity index is 1760. The van der Waals surface area contributed by atoms with Crippen LogP contribution in [0.25, 0.3) is 31.8 Å². The summed E-state index contributed by atoms with van der Waals surface area (Å²) in [7, 11) is 2.78. The minimum Gasteiger partial charge on any atom is -0.487 e. The van der Waals surface area contributed by atoms with E-state index < -0.39 is 24.0 Å². The molecule has 3 heterocycles. The molecule has 0 saturated heterocycles. The normalized spacial score (nSPS) is 11.7. The number of anilines is 1. The van der Waals surface area contributed by atoms with E-state index in [0.29, 0.717) is 37.8 Å². The highest BCUT2D eigenvalue weighted by atomic mass is 32.1. The zero-order valence-electron chi connectivity index (χ0n) is 22.4. The molecule has 210 valence electrons. The third-order valence-corrected chi connectivity index (χ3v) is 6.89. The molecule has 11 nitrogen and oxygen atoms in total. The smallest absolute Gasteiger partial charge is 0.412 e. The number of halogens is 1. The number of hydrogen-bond acceptors (Lipinski definition) is 11. The molecule has 1 amide bonds. The molecule has 0 fully saturated rings. The van der Waals surface area contributed by atoms with Crippen molar-refractivity contribution in [2.45, 2.75) is 20.0 Å². The van der Waals surface area contributed by atoms with Crippen molar-refractivity contribution in [1.82, 2.24) is 19.9 Å². The first-order chi connectivity index (χ1) is 19.7. The summed E-state index contributed by atoms with van der Waals surface area (Å²) in [6, 6.07) is 9.64. The van der Waals surface area contributed by atoms with Gasteiger partial charge in [-0.15, -0.1) is 11.3 Å². The third-order valence-electron chi connectivity index (χ3n) is 5.84. The van der Waals surface area contributed by atoms with Gasteiger partial charge in [0.2, 0.25) is 5.88 Å². The molecule has 0 spiro atoms. The topological polar surface area (TPSA) is 135 Å². The highest BCUT2D eigenvalue weighted by Gasteiger charge is 2.17. The SMILES string of the molecule is COC(=O)c1ccc(NC(=O)O[C@H](C)COc2cc3sc(-c4cc(C)cc5nc(OC)cnc45)nc3cc2F)cn1. The van der Waals surface area contributed by atoms with Gasteiger partial charge < -0.3 is 18.9 Å². The number of pyridine rings is 1. The quantitative estimate of drug-likeness (QED) is 0.234. The molecule has 5 aromatic rings. The average molecular weight is 578 g/mol. The zero-order valence-corrected chi connectivity index (χ0v) is 23.2. The summed E-state index contributed by atoms with van der Waals surface area (Å²) < 4.78 is 36.3. The first-order valence-electron chi connectivity index (χ1n) is 12.3. The number of fused-ring (bicyclic) bond motifs is 2. The van der Waals surface area contributed by atoms with Crippen molar-refractivity contribution in [2.75, 3.05) is 26.1 Å². The van der Waals surface area contributed by atoms with E-state index in [0.717, 1.165) is 11.1 Å². The molecule has 0 unspecified atom stereocenters. The van der Waals surface area contributed by atoms with E-state index in [1.54, 1.807) is 19.2 Å². The van der Waals surface area contributed by atoms with Gasteiger partial charge in [0, 0.05) is 17.7 Å². The monoisotopic (exact) mass is 577 g/mol. The molecule has 0 aliphatic rings. The molecule has 5 rings (SSSR count). The Morgan fingerprint density at radius 2 is 1.88 bits per heavy atom. The molecule has 0 bridgehead atoms. The van der Waals surface area contributed by atoms with Crippen LogP contribution in [0.5, 0.6) is 11.6 Å². The fourth-order valence-corrected chi connectivity index (χ4v) is 4.92. The lowest BCUT2D eigenvalue weighted by molar-refractivity contribution is 0.0594. The van der Waals surface area contributed by atoms with Crippen LogP contribution in [0.4, 0.5) is 14.9 Å². The molecular weight excluding hydrogens is 553 g/mol. The first kappa shape index (κ1) is 27.6. The number of aromatic nitrogens is 4. The molecule has 1 atom stereocenters. The molecule has 41 heavy (non-hydrogen) atoms. The maximum absolute atomic E-state index is 14.9. The van der Waals surface area contributed by atoms with Gasteiger partial charge in [-0.1, -0.05) is 0 Å². The van der Waals surface area contributed by atoms with Crippen molar-refractivity contribution in [3.63, 3.8) is 0 Å². The zero-order chi connectivity index (χ0) is 29.1. The first-order valence-corrected chi connectivity index (χ1v) is 13.1.